The van der Waals surface area contributed by atoms with Crippen molar-refractivity contribution in [2.24, 2.45) is 0 Å². The Morgan fingerprint density at radius 1 is 1.22 bits per heavy atom. The van der Waals surface area contributed by atoms with E-state index in [4.69, 9.17) is 14.6 Å². The molecule has 23 heavy (non-hydrogen) atoms. The van der Waals surface area contributed by atoms with Gasteiger partial charge in [-0.2, -0.15) is 0 Å². The number of aromatic carboxylic acids is 1. The summed E-state index contributed by atoms with van der Waals surface area (Å²) in [5, 5.41) is 11.7. The van der Waals surface area contributed by atoms with Crippen LogP contribution in [0.15, 0.2) is 46.9 Å². The van der Waals surface area contributed by atoms with Crippen molar-refractivity contribution in [2.45, 2.75) is 6.61 Å². The molecule has 1 amide bonds. The smallest absolute Gasteiger partial charge is 0.411 e. The molecule has 2 N–H and O–H groups in total. The van der Waals surface area contributed by atoms with E-state index in [2.05, 4.69) is 21.2 Å². The van der Waals surface area contributed by atoms with Crippen LogP contribution >= 0.6 is 15.9 Å². The van der Waals surface area contributed by atoms with Crippen molar-refractivity contribution >= 4 is 33.7 Å². The number of carboxylic acid groups (broad SMARTS) is 1. The van der Waals surface area contributed by atoms with Crippen LogP contribution in [0.25, 0.3) is 0 Å². The van der Waals surface area contributed by atoms with Crippen molar-refractivity contribution < 1.29 is 24.2 Å². The molecule has 0 aliphatic carbocycles. The molecule has 0 radical (unpaired) electrons. The van der Waals surface area contributed by atoms with E-state index in [9.17, 15) is 9.59 Å². The highest BCUT2D eigenvalue weighted by Gasteiger charge is 2.17. The normalized spacial score (nSPS) is 10.0. The van der Waals surface area contributed by atoms with Crippen molar-refractivity contribution in [3.05, 3.63) is 58.1 Å². The Kier molecular flexibility index (Phi) is 5.59. The largest absolute Gasteiger partial charge is 0.496 e. The molecule has 0 saturated carbocycles. The molecule has 0 aliphatic rings. The minimum atomic E-state index is -1.13. The first-order valence-electron chi connectivity index (χ1n) is 6.59. The summed E-state index contributed by atoms with van der Waals surface area (Å²) < 4.78 is 10.4. The summed E-state index contributed by atoms with van der Waals surface area (Å²) in [5.41, 5.74) is 1.20. The fourth-order valence-electron chi connectivity index (χ4n) is 1.90. The molecule has 0 unspecified atom stereocenters. The first-order chi connectivity index (χ1) is 11.0. The van der Waals surface area contributed by atoms with Gasteiger partial charge >= 0.3 is 12.1 Å². The number of halogens is 1. The third kappa shape index (κ3) is 4.46. The van der Waals surface area contributed by atoms with Gasteiger partial charge in [-0.05, 0) is 27.6 Å². The Bertz CT molecular complexity index is 718. The fraction of sp³-hybridized carbons (Fsp3) is 0.125. The molecular formula is C16H14BrNO5. The third-order valence-corrected chi connectivity index (χ3v) is 3.57. The lowest BCUT2D eigenvalue weighted by Gasteiger charge is -2.11. The van der Waals surface area contributed by atoms with E-state index in [1.807, 2.05) is 30.3 Å². The lowest BCUT2D eigenvalue weighted by atomic mass is 10.2. The van der Waals surface area contributed by atoms with Crippen LogP contribution in [0.2, 0.25) is 0 Å². The van der Waals surface area contributed by atoms with Crippen molar-refractivity contribution in [1.29, 1.82) is 0 Å². The number of hydrogen-bond donors (Lipinski definition) is 2. The van der Waals surface area contributed by atoms with Gasteiger partial charge in [-0.1, -0.05) is 30.3 Å². The SMILES string of the molecule is COc1cc(NC(=O)OCc2ccccc2)cc(Br)c1C(=O)O. The average molecular weight is 380 g/mol. The molecule has 0 spiro atoms. The molecule has 0 fully saturated rings. The van der Waals surface area contributed by atoms with Crippen molar-refractivity contribution in [3.8, 4) is 5.75 Å². The van der Waals surface area contributed by atoms with E-state index in [-0.39, 0.29) is 17.9 Å². The molecule has 0 aromatic heterocycles. The van der Waals surface area contributed by atoms with Crippen molar-refractivity contribution in [3.63, 3.8) is 0 Å². The second-order valence-electron chi connectivity index (χ2n) is 4.53. The van der Waals surface area contributed by atoms with Crippen LogP contribution in [-0.2, 0) is 11.3 Å². The first-order valence-corrected chi connectivity index (χ1v) is 7.39. The van der Waals surface area contributed by atoms with Crippen LogP contribution in [0, 0.1) is 0 Å². The molecular weight excluding hydrogens is 366 g/mol. The monoisotopic (exact) mass is 379 g/mol. The summed E-state index contributed by atoms with van der Waals surface area (Å²) in [7, 11) is 1.35. The van der Waals surface area contributed by atoms with Crippen LogP contribution in [-0.4, -0.2) is 24.3 Å². The van der Waals surface area contributed by atoms with Crippen LogP contribution in [0.5, 0.6) is 5.75 Å². The number of carbonyl (C=O) groups is 2. The number of rotatable bonds is 5. The maximum Gasteiger partial charge on any atom is 0.411 e. The van der Waals surface area contributed by atoms with Crippen LogP contribution < -0.4 is 10.1 Å². The molecule has 0 bridgehead atoms. The number of benzene rings is 2. The second kappa shape index (κ2) is 7.64. The summed E-state index contributed by atoms with van der Waals surface area (Å²) in [4.78, 5) is 23.0. The minimum Gasteiger partial charge on any atom is -0.496 e. The number of nitrogens with one attached hydrogen (secondary N) is 1. The number of amides is 1. The zero-order valence-corrected chi connectivity index (χ0v) is 13.8. The zero-order valence-electron chi connectivity index (χ0n) is 12.2. The van der Waals surface area contributed by atoms with Gasteiger partial charge in [0.05, 0.1) is 7.11 Å². The Balaban J connectivity index is 2.06. The van der Waals surface area contributed by atoms with Gasteiger partial charge in [0.1, 0.15) is 17.9 Å². The van der Waals surface area contributed by atoms with Gasteiger partial charge in [0.15, 0.2) is 0 Å². The summed E-state index contributed by atoms with van der Waals surface area (Å²) in [6.07, 6.45) is -0.647. The zero-order chi connectivity index (χ0) is 16.8. The Morgan fingerprint density at radius 3 is 2.52 bits per heavy atom. The maximum absolute atomic E-state index is 11.8. The Hall–Kier alpha value is -2.54. The predicted molar refractivity (Wildman–Crippen MR) is 87.9 cm³/mol. The van der Waals surface area contributed by atoms with Gasteiger partial charge in [-0.3, -0.25) is 5.32 Å². The highest BCUT2D eigenvalue weighted by Crippen LogP contribution is 2.31. The number of carbonyl (C=O) groups excluding carboxylic acids is 1. The number of carboxylic acids is 1. The lowest BCUT2D eigenvalue weighted by molar-refractivity contribution is 0.0692. The van der Waals surface area contributed by atoms with E-state index in [1.165, 1.54) is 19.2 Å². The van der Waals surface area contributed by atoms with Gasteiger partial charge in [0, 0.05) is 16.2 Å². The van der Waals surface area contributed by atoms with Gasteiger partial charge in [-0.15, -0.1) is 0 Å². The molecule has 7 heteroatoms. The van der Waals surface area contributed by atoms with Crippen LogP contribution in [0.1, 0.15) is 15.9 Å². The quantitative estimate of drug-likeness (QED) is 0.822. The Morgan fingerprint density at radius 2 is 1.91 bits per heavy atom. The standard InChI is InChI=1S/C16H14BrNO5/c1-22-13-8-11(7-12(17)14(13)15(19)20)18-16(21)23-9-10-5-3-2-4-6-10/h2-8H,9H2,1H3,(H,18,21)(H,19,20). The molecule has 2 aromatic rings. The highest BCUT2D eigenvalue weighted by atomic mass is 79.9. The average Bonchev–Trinajstić information content (AvgIpc) is 2.52. The van der Waals surface area contributed by atoms with Crippen molar-refractivity contribution in [1.82, 2.24) is 0 Å². The summed E-state index contributed by atoms with van der Waals surface area (Å²) in [5.74, 6) is -1.00. The fourth-order valence-corrected chi connectivity index (χ4v) is 2.51. The number of hydrogen-bond acceptors (Lipinski definition) is 4. The van der Waals surface area contributed by atoms with E-state index < -0.39 is 12.1 Å². The van der Waals surface area contributed by atoms with E-state index in [1.54, 1.807) is 0 Å². The van der Waals surface area contributed by atoms with Gasteiger partial charge in [0.25, 0.3) is 0 Å². The van der Waals surface area contributed by atoms with Crippen molar-refractivity contribution in [2.75, 3.05) is 12.4 Å². The molecule has 2 rings (SSSR count). The number of anilines is 1. The molecule has 0 atom stereocenters. The van der Waals surface area contributed by atoms with Crippen LogP contribution in [0.4, 0.5) is 10.5 Å². The molecule has 2 aromatic carbocycles. The van der Waals surface area contributed by atoms with Gasteiger partial charge < -0.3 is 14.6 Å². The summed E-state index contributed by atoms with van der Waals surface area (Å²) in [6.45, 7) is 0.137. The third-order valence-electron chi connectivity index (χ3n) is 2.95. The molecule has 0 heterocycles. The van der Waals surface area contributed by atoms with Gasteiger partial charge in [0.2, 0.25) is 0 Å². The van der Waals surface area contributed by atoms with E-state index in [0.29, 0.717) is 10.2 Å². The number of methoxy groups -OCH3 is 1. The topological polar surface area (TPSA) is 84.9 Å². The first kappa shape index (κ1) is 16.8. The highest BCUT2D eigenvalue weighted by molar-refractivity contribution is 9.10. The summed E-state index contributed by atoms with van der Waals surface area (Å²) >= 11 is 3.15. The maximum atomic E-state index is 11.8. The van der Waals surface area contributed by atoms with E-state index >= 15 is 0 Å². The molecule has 120 valence electrons. The molecule has 0 saturated heterocycles. The second-order valence-corrected chi connectivity index (χ2v) is 5.38. The predicted octanol–water partition coefficient (Wildman–Crippen LogP) is 3.90. The van der Waals surface area contributed by atoms with Gasteiger partial charge in [-0.25, -0.2) is 9.59 Å². The minimum absolute atomic E-state index is 0.0179. The summed E-state index contributed by atoms with van der Waals surface area (Å²) in [6, 6.07) is 12.1. The number of ether oxygens (including phenoxy) is 2. The molecule has 6 nitrogen and oxygen atoms in total. The molecule has 0 aliphatic heterocycles. The lowest BCUT2D eigenvalue weighted by Crippen LogP contribution is -2.14. The Labute approximate surface area is 141 Å². The van der Waals surface area contributed by atoms with Crippen LogP contribution in [0.3, 0.4) is 0 Å². The van der Waals surface area contributed by atoms with E-state index in [0.717, 1.165) is 5.56 Å².